The molecule has 0 radical (unpaired) electrons. The van der Waals surface area contributed by atoms with Crippen molar-refractivity contribution in [2.45, 2.75) is 6.10 Å². The quantitative estimate of drug-likeness (QED) is 0.621. The Hall–Kier alpha value is -3.31. The van der Waals surface area contributed by atoms with Crippen molar-refractivity contribution in [3.05, 3.63) is 85.3 Å². The van der Waals surface area contributed by atoms with E-state index >= 15 is 0 Å². The van der Waals surface area contributed by atoms with E-state index in [9.17, 15) is 5.11 Å². The van der Waals surface area contributed by atoms with Crippen LogP contribution in [0.25, 0.3) is 28.2 Å². The van der Waals surface area contributed by atoms with Gasteiger partial charge in [0.05, 0.1) is 17.7 Å². The van der Waals surface area contributed by atoms with Crippen molar-refractivity contribution >= 4 is 17.0 Å². The first-order valence-electron chi connectivity index (χ1n) is 7.90. The summed E-state index contributed by atoms with van der Waals surface area (Å²) in [6.07, 6.45) is 9.50. The summed E-state index contributed by atoms with van der Waals surface area (Å²) in [6, 6.07) is 11.5. The number of rotatable bonds is 4. The molecule has 4 rings (SSSR count). The standard InChI is InChI=1S/C20H16N4O/c1-2-24-12-18(23-13-24)16-7-4-9-22-19(16)20(25)15-6-3-5-14-8-10-21-11-17(14)15/h2-13,20,25H,1H2. The average Bonchev–Trinajstić information content (AvgIpc) is 3.16. The molecule has 0 saturated carbocycles. The Kier molecular flexibility index (Phi) is 3.84. The zero-order chi connectivity index (χ0) is 17.2. The lowest BCUT2D eigenvalue weighted by Crippen LogP contribution is -2.05. The van der Waals surface area contributed by atoms with E-state index in [4.69, 9.17) is 0 Å². The first-order chi connectivity index (χ1) is 12.3. The minimum Gasteiger partial charge on any atom is -0.382 e. The van der Waals surface area contributed by atoms with Gasteiger partial charge in [-0.2, -0.15) is 0 Å². The van der Waals surface area contributed by atoms with E-state index in [1.165, 1.54) is 0 Å². The van der Waals surface area contributed by atoms with Crippen molar-refractivity contribution in [2.75, 3.05) is 0 Å². The van der Waals surface area contributed by atoms with Crippen LogP contribution < -0.4 is 0 Å². The third kappa shape index (κ3) is 2.70. The van der Waals surface area contributed by atoms with E-state index in [1.807, 2.05) is 42.6 Å². The van der Waals surface area contributed by atoms with E-state index in [2.05, 4.69) is 21.5 Å². The molecule has 25 heavy (non-hydrogen) atoms. The van der Waals surface area contributed by atoms with Crippen LogP contribution in [0.2, 0.25) is 0 Å². The Morgan fingerprint density at radius 2 is 2.00 bits per heavy atom. The number of fused-ring (bicyclic) bond motifs is 1. The molecule has 0 saturated heterocycles. The summed E-state index contributed by atoms with van der Waals surface area (Å²) in [6.45, 7) is 3.73. The molecule has 3 aromatic heterocycles. The molecule has 0 bridgehead atoms. The summed E-state index contributed by atoms with van der Waals surface area (Å²) in [4.78, 5) is 13.0. The maximum absolute atomic E-state index is 11.1. The number of aliphatic hydroxyl groups is 1. The predicted octanol–water partition coefficient (Wildman–Crippen LogP) is 3.68. The van der Waals surface area contributed by atoms with Gasteiger partial charge >= 0.3 is 0 Å². The lowest BCUT2D eigenvalue weighted by atomic mass is 9.96. The lowest BCUT2D eigenvalue weighted by molar-refractivity contribution is 0.217. The highest BCUT2D eigenvalue weighted by Gasteiger charge is 2.20. The number of aliphatic hydroxyl groups excluding tert-OH is 1. The van der Waals surface area contributed by atoms with Gasteiger partial charge in [0.2, 0.25) is 0 Å². The van der Waals surface area contributed by atoms with Crippen LogP contribution in [0.3, 0.4) is 0 Å². The Balaban J connectivity index is 1.85. The molecule has 1 aromatic carbocycles. The molecule has 0 aliphatic heterocycles. The Morgan fingerprint density at radius 3 is 2.84 bits per heavy atom. The molecule has 122 valence electrons. The summed E-state index contributed by atoms with van der Waals surface area (Å²) in [5.74, 6) is 0. The van der Waals surface area contributed by atoms with Crippen molar-refractivity contribution in [3.63, 3.8) is 0 Å². The first kappa shape index (κ1) is 15.2. The largest absolute Gasteiger partial charge is 0.382 e. The summed E-state index contributed by atoms with van der Waals surface area (Å²) in [5, 5.41) is 13.0. The SMILES string of the molecule is C=Cn1cnc(-c2cccnc2C(O)c2cccc3ccncc23)c1. The van der Waals surface area contributed by atoms with Gasteiger partial charge in [-0.3, -0.25) is 9.97 Å². The van der Waals surface area contributed by atoms with Crippen LogP contribution in [-0.4, -0.2) is 24.6 Å². The van der Waals surface area contributed by atoms with Crippen LogP contribution in [0, 0.1) is 0 Å². The van der Waals surface area contributed by atoms with Gasteiger partial charge in [-0.1, -0.05) is 24.8 Å². The molecule has 0 aliphatic rings. The molecule has 1 atom stereocenters. The van der Waals surface area contributed by atoms with Crippen molar-refractivity contribution in [2.24, 2.45) is 0 Å². The van der Waals surface area contributed by atoms with Crippen LogP contribution >= 0.6 is 0 Å². The van der Waals surface area contributed by atoms with Gasteiger partial charge in [0.1, 0.15) is 6.10 Å². The van der Waals surface area contributed by atoms with Gasteiger partial charge in [-0.15, -0.1) is 0 Å². The highest BCUT2D eigenvalue weighted by atomic mass is 16.3. The molecular weight excluding hydrogens is 312 g/mol. The summed E-state index contributed by atoms with van der Waals surface area (Å²) < 4.78 is 1.76. The Morgan fingerprint density at radius 1 is 1.08 bits per heavy atom. The van der Waals surface area contributed by atoms with E-state index in [0.29, 0.717) is 5.69 Å². The fraction of sp³-hybridized carbons (Fsp3) is 0.0500. The predicted molar refractivity (Wildman–Crippen MR) is 97.6 cm³/mol. The zero-order valence-corrected chi connectivity index (χ0v) is 13.4. The van der Waals surface area contributed by atoms with Crippen molar-refractivity contribution < 1.29 is 5.11 Å². The topological polar surface area (TPSA) is 63.8 Å². The monoisotopic (exact) mass is 328 g/mol. The number of hydrogen-bond acceptors (Lipinski definition) is 4. The van der Waals surface area contributed by atoms with Crippen LogP contribution in [0.5, 0.6) is 0 Å². The van der Waals surface area contributed by atoms with Gasteiger partial charge in [-0.05, 0) is 29.1 Å². The highest BCUT2D eigenvalue weighted by molar-refractivity contribution is 5.85. The average molecular weight is 328 g/mol. The number of pyridine rings is 2. The van der Waals surface area contributed by atoms with Crippen LogP contribution in [0.1, 0.15) is 17.4 Å². The molecule has 0 fully saturated rings. The molecule has 1 N–H and O–H groups in total. The molecule has 0 amide bonds. The second-order valence-electron chi connectivity index (χ2n) is 5.67. The highest BCUT2D eigenvalue weighted by Crippen LogP contribution is 2.32. The van der Waals surface area contributed by atoms with Gasteiger partial charge < -0.3 is 9.67 Å². The number of nitrogens with zero attached hydrogens (tertiary/aromatic N) is 4. The number of aromatic nitrogens is 4. The fourth-order valence-corrected chi connectivity index (χ4v) is 2.95. The first-order valence-corrected chi connectivity index (χ1v) is 7.90. The molecule has 4 aromatic rings. The summed E-state index contributed by atoms with van der Waals surface area (Å²) >= 11 is 0. The third-order valence-corrected chi connectivity index (χ3v) is 4.20. The molecule has 1 unspecified atom stereocenters. The second kappa shape index (κ2) is 6.30. The molecule has 5 nitrogen and oxygen atoms in total. The molecule has 0 aliphatic carbocycles. The normalized spacial score (nSPS) is 12.2. The molecule has 5 heteroatoms. The van der Waals surface area contributed by atoms with Crippen molar-refractivity contribution in [1.82, 2.24) is 19.5 Å². The van der Waals surface area contributed by atoms with Crippen molar-refractivity contribution in [3.8, 4) is 11.3 Å². The van der Waals surface area contributed by atoms with Gasteiger partial charge in [-0.25, -0.2) is 4.98 Å². The Bertz CT molecular complexity index is 1050. The van der Waals surface area contributed by atoms with Gasteiger partial charge in [0.15, 0.2) is 0 Å². The summed E-state index contributed by atoms with van der Waals surface area (Å²) in [7, 11) is 0. The minimum atomic E-state index is -0.877. The number of benzene rings is 1. The lowest BCUT2D eigenvalue weighted by Gasteiger charge is -2.15. The van der Waals surface area contributed by atoms with E-state index in [1.54, 1.807) is 35.7 Å². The maximum atomic E-state index is 11.1. The van der Waals surface area contributed by atoms with Crippen LogP contribution in [0.4, 0.5) is 0 Å². The number of imidazole rings is 1. The van der Waals surface area contributed by atoms with E-state index in [0.717, 1.165) is 27.6 Å². The Labute approximate surface area is 145 Å². The smallest absolute Gasteiger partial charge is 0.122 e. The maximum Gasteiger partial charge on any atom is 0.122 e. The minimum absolute atomic E-state index is 0.563. The zero-order valence-electron chi connectivity index (χ0n) is 13.4. The summed E-state index contributed by atoms with van der Waals surface area (Å²) in [5.41, 5.74) is 2.86. The van der Waals surface area contributed by atoms with Crippen molar-refractivity contribution in [1.29, 1.82) is 0 Å². The third-order valence-electron chi connectivity index (χ3n) is 4.20. The second-order valence-corrected chi connectivity index (χ2v) is 5.67. The van der Waals surface area contributed by atoms with Crippen LogP contribution in [0.15, 0.2) is 74.1 Å². The van der Waals surface area contributed by atoms with Crippen LogP contribution in [-0.2, 0) is 0 Å². The molecular formula is C20H16N4O. The van der Waals surface area contributed by atoms with Gasteiger partial charge in [0, 0.05) is 41.9 Å². The van der Waals surface area contributed by atoms with E-state index in [-0.39, 0.29) is 0 Å². The fourth-order valence-electron chi connectivity index (χ4n) is 2.95. The molecule has 3 heterocycles. The molecule has 0 spiro atoms. The van der Waals surface area contributed by atoms with Gasteiger partial charge in [0.25, 0.3) is 0 Å². The van der Waals surface area contributed by atoms with E-state index < -0.39 is 6.10 Å². The number of hydrogen-bond donors (Lipinski definition) is 1.